The predicted octanol–water partition coefficient (Wildman–Crippen LogP) is 1.75. The Hall–Kier alpha value is -2.74. The van der Waals surface area contributed by atoms with E-state index in [0.717, 1.165) is 0 Å². The molecule has 2 saturated heterocycles. The van der Waals surface area contributed by atoms with Gasteiger partial charge in [0.25, 0.3) is 0 Å². The van der Waals surface area contributed by atoms with E-state index >= 15 is 0 Å². The van der Waals surface area contributed by atoms with Gasteiger partial charge in [0.15, 0.2) is 11.6 Å². The summed E-state index contributed by atoms with van der Waals surface area (Å²) in [6.45, 7) is 6.95. The standard InChI is InChI=1S/C20H25N5O5/c1-5-11(2)18(26)27-9-20(8-21)16-15(28-19(3,4)30-16)14(29-20)12-6-7-13-17(22)23-10-24-25(12)13/h6-7,10-11,14-16H,5,9H2,1-4H3,(H2,22,23,24)/t11-,14+,15+,16+,20-/m1/s1. The second kappa shape index (κ2) is 7.19. The highest BCUT2D eigenvalue weighted by Gasteiger charge is 2.65. The molecule has 4 rings (SSSR count). The van der Waals surface area contributed by atoms with Gasteiger partial charge in [-0.05, 0) is 32.4 Å². The zero-order valence-corrected chi connectivity index (χ0v) is 17.4. The van der Waals surface area contributed by atoms with Crippen LogP contribution >= 0.6 is 0 Å². The SMILES string of the molecule is CC[C@@H](C)C(=O)OC[C@@]1(C#N)O[C@@H](c2ccc3c(N)ncnn23)[C@@H]2OC(C)(C)O[C@@H]21. The average molecular weight is 415 g/mol. The van der Waals surface area contributed by atoms with E-state index in [1.54, 1.807) is 37.4 Å². The Morgan fingerprint density at radius 1 is 1.40 bits per heavy atom. The van der Waals surface area contributed by atoms with Gasteiger partial charge in [0.05, 0.1) is 11.6 Å². The maximum Gasteiger partial charge on any atom is 0.308 e. The molecule has 2 aliphatic heterocycles. The number of anilines is 1. The predicted molar refractivity (Wildman–Crippen MR) is 104 cm³/mol. The van der Waals surface area contributed by atoms with Gasteiger partial charge in [0.1, 0.15) is 42.8 Å². The highest BCUT2D eigenvalue weighted by atomic mass is 16.8. The molecule has 2 aromatic rings. The Bertz CT molecular complexity index is 1010. The summed E-state index contributed by atoms with van der Waals surface area (Å²) in [5.41, 5.74) is 5.68. The molecule has 0 aromatic carbocycles. The number of nitrogens with two attached hydrogens (primary N) is 1. The molecule has 4 heterocycles. The molecule has 0 radical (unpaired) electrons. The molecule has 0 bridgehead atoms. The fraction of sp³-hybridized carbons (Fsp3) is 0.600. The summed E-state index contributed by atoms with van der Waals surface area (Å²) in [7, 11) is 0. The Labute approximate surface area is 173 Å². The first-order chi connectivity index (χ1) is 14.2. The second-order valence-corrected chi connectivity index (χ2v) is 8.18. The van der Waals surface area contributed by atoms with Crippen LogP contribution in [0.4, 0.5) is 5.82 Å². The van der Waals surface area contributed by atoms with Gasteiger partial charge in [0.2, 0.25) is 5.60 Å². The number of carbonyl (C=O) groups excluding carboxylic acids is 1. The van der Waals surface area contributed by atoms with Gasteiger partial charge in [-0.1, -0.05) is 13.8 Å². The number of nitrogen functional groups attached to an aromatic ring is 1. The zero-order chi connectivity index (χ0) is 21.7. The molecule has 2 aliphatic rings. The van der Waals surface area contributed by atoms with Crippen LogP contribution in [0.5, 0.6) is 0 Å². The molecule has 30 heavy (non-hydrogen) atoms. The number of fused-ring (bicyclic) bond motifs is 2. The van der Waals surface area contributed by atoms with Crippen molar-refractivity contribution in [2.45, 2.75) is 63.8 Å². The normalized spacial score (nSPS) is 30.7. The van der Waals surface area contributed by atoms with E-state index in [4.69, 9.17) is 24.7 Å². The highest BCUT2D eigenvalue weighted by Crippen LogP contribution is 2.50. The quantitative estimate of drug-likeness (QED) is 0.725. The summed E-state index contributed by atoms with van der Waals surface area (Å²) in [5.74, 6) is -1.27. The summed E-state index contributed by atoms with van der Waals surface area (Å²) in [6, 6.07) is 5.76. The number of aromatic nitrogens is 3. The van der Waals surface area contributed by atoms with Gasteiger partial charge in [0, 0.05) is 0 Å². The maximum absolute atomic E-state index is 12.2. The van der Waals surface area contributed by atoms with Crippen LogP contribution in [0.25, 0.3) is 5.52 Å². The minimum absolute atomic E-state index is 0.260. The summed E-state index contributed by atoms with van der Waals surface area (Å²) in [4.78, 5) is 16.2. The van der Waals surface area contributed by atoms with E-state index in [9.17, 15) is 10.1 Å². The van der Waals surface area contributed by atoms with Crippen LogP contribution in [0.3, 0.4) is 0 Å². The van der Waals surface area contributed by atoms with Gasteiger partial charge in [-0.25, -0.2) is 9.50 Å². The van der Waals surface area contributed by atoms with Crippen LogP contribution in [-0.2, 0) is 23.7 Å². The minimum atomic E-state index is -1.52. The monoisotopic (exact) mass is 415 g/mol. The fourth-order valence-corrected chi connectivity index (χ4v) is 3.87. The minimum Gasteiger partial charge on any atom is -0.461 e. The number of nitrogens with zero attached hydrogens (tertiary/aromatic N) is 4. The van der Waals surface area contributed by atoms with Crippen molar-refractivity contribution < 1.29 is 23.7 Å². The molecule has 2 N–H and O–H groups in total. The van der Waals surface area contributed by atoms with Crippen molar-refractivity contribution in [1.82, 2.24) is 14.6 Å². The van der Waals surface area contributed by atoms with E-state index < -0.39 is 29.7 Å². The second-order valence-electron chi connectivity index (χ2n) is 8.18. The van der Waals surface area contributed by atoms with Crippen LogP contribution in [0.15, 0.2) is 18.5 Å². The molecule has 0 aliphatic carbocycles. The summed E-state index contributed by atoms with van der Waals surface area (Å²) >= 11 is 0. The Morgan fingerprint density at radius 2 is 2.17 bits per heavy atom. The molecule has 10 heteroatoms. The van der Waals surface area contributed by atoms with Gasteiger partial charge >= 0.3 is 5.97 Å². The lowest BCUT2D eigenvalue weighted by Gasteiger charge is -2.29. The molecule has 0 unspecified atom stereocenters. The van der Waals surface area contributed by atoms with Crippen LogP contribution in [0.2, 0.25) is 0 Å². The lowest BCUT2D eigenvalue weighted by Crippen LogP contribution is -2.46. The van der Waals surface area contributed by atoms with Crippen molar-refractivity contribution >= 4 is 17.3 Å². The zero-order valence-electron chi connectivity index (χ0n) is 17.4. The number of ether oxygens (including phenoxy) is 4. The Balaban J connectivity index is 1.70. The first kappa shape index (κ1) is 20.5. The number of carbonyl (C=O) groups is 1. The van der Waals surface area contributed by atoms with Crippen LogP contribution in [0.1, 0.15) is 45.9 Å². The van der Waals surface area contributed by atoms with Crippen molar-refractivity contribution in [2.75, 3.05) is 12.3 Å². The van der Waals surface area contributed by atoms with Crippen LogP contribution in [-0.4, -0.2) is 50.8 Å². The number of rotatable bonds is 5. The Kier molecular flexibility index (Phi) is 4.92. The highest BCUT2D eigenvalue weighted by molar-refractivity contribution is 5.72. The molecule has 10 nitrogen and oxygen atoms in total. The smallest absolute Gasteiger partial charge is 0.308 e. The van der Waals surface area contributed by atoms with Gasteiger partial charge in [-0.3, -0.25) is 4.79 Å². The molecule has 2 fully saturated rings. The average Bonchev–Trinajstić information content (AvgIpc) is 3.36. The summed E-state index contributed by atoms with van der Waals surface area (Å²) < 4.78 is 25.4. The van der Waals surface area contributed by atoms with Gasteiger partial charge < -0.3 is 24.7 Å². The maximum atomic E-state index is 12.2. The summed E-state index contributed by atoms with van der Waals surface area (Å²) in [5, 5.41) is 14.3. The van der Waals surface area contributed by atoms with Crippen LogP contribution < -0.4 is 5.73 Å². The molecular weight excluding hydrogens is 390 g/mol. The van der Waals surface area contributed by atoms with Crippen molar-refractivity contribution in [1.29, 1.82) is 5.26 Å². The van der Waals surface area contributed by atoms with Crippen molar-refractivity contribution in [3.63, 3.8) is 0 Å². The third-order valence-corrected chi connectivity index (χ3v) is 5.66. The molecular formula is C20H25N5O5. The third kappa shape index (κ3) is 3.19. The van der Waals surface area contributed by atoms with E-state index in [2.05, 4.69) is 16.2 Å². The van der Waals surface area contributed by atoms with Crippen molar-refractivity contribution in [3.8, 4) is 6.07 Å². The lowest BCUT2D eigenvalue weighted by atomic mass is 9.96. The number of hydrogen-bond donors (Lipinski definition) is 1. The van der Waals surface area contributed by atoms with E-state index in [1.165, 1.54) is 6.33 Å². The molecule has 0 saturated carbocycles. The van der Waals surface area contributed by atoms with Gasteiger partial charge in [-0.2, -0.15) is 10.4 Å². The molecule has 0 amide bonds. The Morgan fingerprint density at radius 3 is 2.87 bits per heavy atom. The molecule has 5 atom stereocenters. The fourth-order valence-electron chi connectivity index (χ4n) is 3.87. The van der Waals surface area contributed by atoms with E-state index in [-0.39, 0.29) is 18.5 Å². The molecule has 0 spiro atoms. The first-order valence-corrected chi connectivity index (χ1v) is 9.91. The molecule has 160 valence electrons. The number of esters is 1. The largest absolute Gasteiger partial charge is 0.461 e. The number of nitriles is 1. The topological polar surface area (TPSA) is 134 Å². The van der Waals surface area contributed by atoms with E-state index in [0.29, 0.717) is 23.4 Å². The van der Waals surface area contributed by atoms with Crippen LogP contribution in [0, 0.1) is 17.2 Å². The number of hydrogen-bond acceptors (Lipinski definition) is 9. The van der Waals surface area contributed by atoms with E-state index in [1.807, 2.05) is 6.92 Å². The van der Waals surface area contributed by atoms with Gasteiger partial charge in [-0.15, -0.1) is 0 Å². The third-order valence-electron chi connectivity index (χ3n) is 5.66. The van der Waals surface area contributed by atoms with Crippen molar-refractivity contribution in [3.05, 3.63) is 24.2 Å². The van der Waals surface area contributed by atoms with Crippen molar-refractivity contribution in [2.24, 2.45) is 5.92 Å². The summed E-state index contributed by atoms with van der Waals surface area (Å²) in [6.07, 6.45) is -0.0546. The lowest BCUT2D eigenvalue weighted by molar-refractivity contribution is -0.208. The first-order valence-electron chi connectivity index (χ1n) is 9.91. The molecule has 2 aromatic heterocycles.